The van der Waals surface area contributed by atoms with E-state index < -0.39 is 5.41 Å². The van der Waals surface area contributed by atoms with E-state index in [-0.39, 0.29) is 11.6 Å². The topological polar surface area (TPSA) is 34.1 Å². The van der Waals surface area contributed by atoms with Crippen LogP contribution in [0.15, 0.2) is 0 Å². The number of Topliss-reactive ketones (excluding diaryl/α,β-unsaturated/α-hetero) is 2. The molecule has 0 aromatic carbocycles. The summed E-state index contributed by atoms with van der Waals surface area (Å²) in [5.74, 6) is -0.00676. The van der Waals surface area contributed by atoms with E-state index in [1.54, 1.807) is 0 Å². The first-order chi connectivity index (χ1) is 6.46. The highest BCUT2D eigenvalue weighted by atomic mass is 16.2. The second-order valence-electron chi connectivity index (χ2n) is 4.97. The van der Waals surface area contributed by atoms with Gasteiger partial charge in [0.1, 0.15) is 0 Å². The summed E-state index contributed by atoms with van der Waals surface area (Å²) in [6.45, 7) is 5.89. The number of ketones is 2. The second-order valence-corrected chi connectivity index (χ2v) is 4.97. The molecule has 0 heterocycles. The third kappa shape index (κ3) is 2.23. The summed E-state index contributed by atoms with van der Waals surface area (Å²) in [5.41, 5.74) is -0.457. The lowest BCUT2D eigenvalue weighted by molar-refractivity contribution is -0.143. The third-order valence-electron chi connectivity index (χ3n) is 3.61. The number of rotatable bonds is 0. The minimum atomic E-state index is -0.457. The maximum Gasteiger partial charge on any atom is 0.204 e. The largest absolute Gasteiger partial charge is 0.291 e. The van der Waals surface area contributed by atoms with Crippen LogP contribution >= 0.6 is 0 Å². The van der Waals surface area contributed by atoms with Gasteiger partial charge in [0.2, 0.25) is 5.78 Å². The van der Waals surface area contributed by atoms with Crippen molar-refractivity contribution >= 4 is 11.6 Å². The Kier molecular flexibility index (Phi) is 3.46. The molecule has 1 atom stereocenters. The van der Waals surface area contributed by atoms with Crippen LogP contribution in [0, 0.1) is 11.3 Å². The number of hydrogen-bond donors (Lipinski definition) is 0. The molecule has 0 amide bonds. The Morgan fingerprint density at radius 2 is 1.79 bits per heavy atom. The maximum atomic E-state index is 11.8. The molecule has 0 spiro atoms. The van der Waals surface area contributed by atoms with E-state index in [0.717, 1.165) is 25.7 Å². The molecular formula is C12H20O2. The van der Waals surface area contributed by atoms with E-state index in [9.17, 15) is 9.59 Å². The fraction of sp³-hybridized carbons (Fsp3) is 0.833. The predicted octanol–water partition coefficient (Wildman–Crippen LogP) is 2.75. The van der Waals surface area contributed by atoms with Crippen LogP contribution in [0.3, 0.4) is 0 Å². The molecule has 1 fully saturated rings. The summed E-state index contributed by atoms with van der Waals surface area (Å²) in [5, 5.41) is 0. The number of hydrogen-bond acceptors (Lipinski definition) is 2. The SMILES string of the molecule is CC1CCCCCC(=O)C(=O)C1(C)C. The molecule has 0 radical (unpaired) electrons. The summed E-state index contributed by atoms with van der Waals surface area (Å²) in [6, 6.07) is 0. The molecule has 14 heavy (non-hydrogen) atoms. The highest BCUT2D eigenvalue weighted by Gasteiger charge is 2.37. The first kappa shape index (κ1) is 11.4. The van der Waals surface area contributed by atoms with Gasteiger partial charge in [0.25, 0.3) is 0 Å². The fourth-order valence-corrected chi connectivity index (χ4v) is 1.97. The molecule has 80 valence electrons. The molecule has 0 N–H and O–H groups in total. The number of carbonyl (C=O) groups is 2. The normalized spacial score (nSPS) is 29.2. The Bertz CT molecular complexity index is 241. The van der Waals surface area contributed by atoms with Crippen molar-refractivity contribution in [1.82, 2.24) is 0 Å². The molecule has 2 nitrogen and oxygen atoms in total. The van der Waals surface area contributed by atoms with Gasteiger partial charge in [0.15, 0.2) is 5.78 Å². The van der Waals surface area contributed by atoms with Gasteiger partial charge in [-0.15, -0.1) is 0 Å². The van der Waals surface area contributed by atoms with Crippen molar-refractivity contribution in [1.29, 1.82) is 0 Å². The van der Waals surface area contributed by atoms with Crippen molar-refractivity contribution in [3.63, 3.8) is 0 Å². The van der Waals surface area contributed by atoms with Crippen molar-refractivity contribution in [2.75, 3.05) is 0 Å². The van der Waals surface area contributed by atoms with Crippen molar-refractivity contribution in [2.45, 2.75) is 52.9 Å². The lowest BCUT2D eigenvalue weighted by atomic mass is 9.73. The zero-order chi connectivity index (χ0) is 10.8. The molecule has 0 saturated heterocycles. The zero-order valence-corrected chi connectivity index (χ0v) is 9.43. The quantitative estimate of drug-likeness (QED) is 0.558. The average molecular weight is 196 g/mol. The smallest absolute Gasteiger partial charge is 0.204 e. The van der Waals surface area contributed by atoms with Crippen molar-refractivity contribution in [3.05, 3.63) is 0 Å². The van der Waals surface area contributed by atoms with Gasteiger partial charge in [0.05, 0.1) is 0 Å². The Balaban J connectivity index is 2.86. The van der Waals surface area contributed by atoms with Crippen LogP contribution in [0.2, 0.25) is 0 Å². The summed E-state index contributed by atoms with van der Waals surface area (Å²) >= 11 is 0. The standard InChI is InChI=1S/C12H20O2/c1-9-7-5-4-6-8-10(13)11(14)12(9,2)3/h9H,4-8H2,1-3H3. The summed E-state index contributed by atoms with van der Waals surface area (Å²) in [4.78, 5) is 23.4. The van der Waals surface area contributed by atoms with Crippen LogP contribution in [0.4, 0.5) is 0 Å². The Labute approximate surface area is 86.1 Å². The van der Waals surface area contributed by atoms with E-state index >= 15 is 0 Å². The van der Waals surface area contributed by atoms with E-state index in [4.69, 9.17) is 0 Å². The molecule has 1 unspecified atom stereocenters. The van der Waals surface area contributed by atoms with Gasteiger partial charge in [-0.05, 0) is 18.8 Å². The third-order valence-corrected chi connectivity index (χ3v) is 3.61. The van der Waals surface area contributed by atoms with Gasteiger partial charge in [-0.25, -0.2) is 0 Å². The van der Waals surface area contributed by atoms with Crippen LogP contribution in [0.1, 0.15) is 52.9 Å². The predicted molar refractivity (Wildman–Crippen MR) is 56.0 cm³/mol. The lowest BCUT2D eigenvalue weighted by Crippen LogP contribution is -2.36. The Morgan fingerprint density at radius 1 is 1.14 bits per heavy atom. The minimum Gasteiger partial charge on any atom is -0.291 e. The molecule has 1 saturated carbocycles. The van der Waals surface area contributed by atoms with Gasteiger partial charge in [-0.2, -0.15) is 0 Å². The molecule has 1 aliphatic rings. The second kappa shape index (κ2) is 4.24. The van der Waals surface area contributed by atoms with Gasteiger partial charge >= 0.3 is 0 Å². The van der Waals surface area contributed by atoms with E-state index in [2.05, 4.69) is 6.92 Å². The lowest BCUT2D eigenvalue weighted by Gasteiger charge is -2.28. The van der Waals surface area contributed by atoms with E-state index in [1.807, 2.05) is 13.8 Å². The van der Waals surface area contributed by atoms with Crippen molar-refractivity contribution in [3.8, 4) is 0 Å². The van der Waals surface area contributed by atoms with Gasteiger partial charge < -0.3 is 0 Å². The van der Waals surface area contributed by atoms with Crippen molar-refractivity contribution in [2.24, 2.45) is 11.3 Å². The molecule has 1 rings (SSSR count). The van der Waals surface area contributed by atoms with Crippen molar-refractivity contribution < 1.29 is 9.59 Å². The number of carbonyl (C=O) groups excluding carboxylic acids is 2. The Morgan fingerprint density at radius 3 is 2.43 bits per heavy atom. The summed E-state index contributed by atoms with van der Waals surface area (Å²) in [7, 11) is 0. The van der Waals surface area contributed by atoms with Crippen LogP contribution in [0.25, 0.3) is 0 Å². The highest BCUT2D eigenvalue weighted by Crippen LogP contribution is 2.33. The van der Waals surface area contributed by atoms with Crippen LogP contribution in [-0.4, -0.2) is 11.6 Å². The van der Waals surface area contributed by atoms with Crippen LogP contribution < -0.4 is 0 Å². The fourth-order valence-electron chi connectivity index (χ4n) is 1.97. The van der Waals surface area contributed by atoms with Gasteiger partial charge in [0, 0.05) is 11.8 Å². The Hall–Kier alpha value is -0.660. The zero-order valence-electron chi connectivity index (χ0n) is 9.43. The first-order valence-electron chi connectivity index (χ1n) is 5.54. The average Bonchev–Trinajstić information content (AvgIpc) is 2.17. The summed E-state index contributed by atoms with van der Waals surface area (Å²) in [6.07, 6.45) is 4.62. The molecule has 1 aliphatic carbocycles. The minimum absolute atomic E-state index is 0.160. The molecular weight excluding hydrogens is 176 g/mol. The molecule has 0 bridgehead atoms. The monoisotopic (exact) mass is 196 g/mol. The molecule has 2 heteroatoms. The van der Waals surface area contributed by atoms with Crippen LogP contribution in [-0.2, 0) is 9.59 Å². The van der Waals surface area contributed by atoms with Gasteiger partial charge in [-0.3, -0.25) is 9.59 Å². The maximum absolute atomic E-state index is 11.8. The highest BCUT2D eigenvalue weighted by molar-refractivity contribution is 6.39. The summed E-state index contributed by atoms with van der Waals surface area (Å²) < 4.78 is 0. The molecule has 0 aromatic heterocycles. The van der Waals surface area contributed by atoms with Gasteiger partial charge in [-0.1, -0.05) is 33.6 Å². The molecule has 0 aromatic rings. The van der Waals surface area contributed by atoms with Crippen LogP contribution in [0.5, 0.6) is 0 Å². The van der Waals surface area contributed by atoms with E-state index in [1.165, 1.54) is 0 Å². The van der Waals surface area contributed by atoms with E-state index in [0.29, 0.717) is 12.3 Å². The molecule has 0 aliphatic heterocycles. The first-order valence-corrected chi connectivity index (χ1v) is 5.54.